The van der Waals surface area contributed by atoms with Gasteiger partial charge in [-0.15, -0.1) is 11.6 Å². The minimum Gasteiger partial charge on any atom is -0.351 e. The van der Waals surface area contributed by atoms with Gasteiger partial charge >= 0.3 is 6.18 Å². The molecule has 0 fully saturated rings. The fraction of sp³-hybridized carbons (Fsp3) is 0.300. The van der Waals surface area contributed by atoms with Gasteiger partial charge in [0.2, 0.25) is 5.91 Å². The van der Waals surface area contributed by atoms with E-state index in [-0.39, 0.29) is 18.0 Å². The molecule has 0 aliphatic heterocycles. The number of hydrogen-bond donors (Lipinski definition) is 1. The van der Waals surface area contributed by atoms with Gasteiger partial charge in [-0.2, -0.15) is 13.2 Å². The molecule has 0 saturated heterocycles. The summed E-state index contributed by atoms with van der Waals surface area (Å²) in [4.78, 5) is 10.8. The molecule has 0 bridgehead atoms. The van der Waals surface area contributed by atoms with E-state index in [2.05, 4.69) is 5.32 Å². The van der Waals surface area contributed by atoms with Crippen molar-refractivity contribution in [3.8, 4) is 0 Å². The lowest BCUT2D eigenvalue weighted by atomic mass is 10.1. The van der Waals surface area contributed by atoms with Crippen molar-refractivity contribution in [1.82, 2.24) is 5.32 Å². The summed E-state index contributed by atoms with van der Waals surface area (Å²) in [6.07, 6.45) is -4.75. The summed E-state index contributed by atoms with van der Waals surface area (Å²) in [5, 5.41) is 2.29. The van der Waals surface area contributed by atoms with Gasteiger partial charge in [0.1, 0.15) is 11.7 Å². The van der Waals surface area contributed by atoms with E-state index in [4.69, 9.17) is 11.6 Å². The summed E-state index contributed by atoms with van der Waals surface area (Å²) in [6.45, 7) is -0.130. The molecule has 1 aromatic rings. The van der Waals surface area contributed by atoms with Gasteiger partial charge in [-0.1, -0.05) is 6.07 Å². The van der Waals surface area contributed by atoms with Crippen molar-refractivity contribution < 1.29 is 22.4 Å². The number of carbonyl (C=O) groups excluding carboxylic acids is 1. The Morgan fingerprint density at radius 2 is 2.00 bits per heavy atom. The molecule has 0 heterocycles. The molecule has 1 aromatic carbocycles. The van der Waals surface area contributed by atoms with Crippen molar-refractivity contribution in [2.45, 2.75) is 12.7 Å². The van der Waals surface area contributed by atoms with Crippen LogP contribution in [0, 0.1) is 5.82 Å². The van der Waals surface area contributed by atoms with Gasteiger partial charge in [-0.05, 0) is 17.7 Å². The van der Waals surface area contributed by atoms with Crippen LogP contribution in [-0.4, -0.2) is 11.8 Å². The largest absolute Gasteiger partial charge is 0.419 e. The maximum absolute atomic E-state index is 12.9. The predicted molar refractivity (Wildman–Crippen MR) is 54.0 cm³/mol. The van der Waals surface area contributed by atoms with Crippen LogP contribution < -0.4 is 5.32 Å². The quantitative estimate of drug-likeness (QED) is 0.663. The zero-order valence-electron chi connectivity index (χ0n) is 8.44. The van der Waals surface area contributed by atoms with Gasteiger partial charge in [0.15, 0.2) is 0 Å². The highest BCUT2D eigenvalue weighted by Crippen LogP contribution is 2.31. The molecule has 0 aromatic heterocycles. The second-order valence-corrected chi connectivity index (χ2v) is 3.49. The van der Waals surface area contributed by atoms with Crippen LogP contribution in [0.2, 0.25) is 0 Å². The number of benzene rings is 1. The van der Waals surface area contributed by atoms with Crippen LogP contribution in [0.3, 0.4) is 0 Å². The second kappa shape index (κ2) is 5.35. The summed E-state index contributed by atoms with van der Waals surface area (Å²) in [7, 11) is 0. The molecule has 7 heteroatoms. The Balaban J connectivity index is 2.86. The molecule has 2 nitrogen and oxygen atoms in total. The first-order valence-corrected chi connectivity index (χ1v) is 5.06. The fourth-order valence-corrected chi connectivity index (χ4v) is 1.24. The van der Waals surface area contributed by atoms with Gasteiger partial charge in [-0.25, -0.2) is 4.39 Å². The first-order valence-electron chi connectivity index (χ1n) is 4.53. The molecule has 0 saturated carbocycles. The number of rotatable bonds is 3. The molecule has 0 spiro atoms. The zero-order valence-corrected chi connectivity index (χ0v) is 9.20. The average molecular weight is 270 g/mol. The Morgan fingerprint density at radius 3 is 2.53 bits per heavy atom. The zero-order chi connectivity index (χ0) is 13.1. The van der Waals surface area contributed by atoms with Gasteiger partial charge in [-0.3, -0.25) is 4.79 Å². The Morgan fingerprint density at radius 1 is 1.35 bits per heavy atom. The van der Waals surface area contributed by atoms with E-state index in [1.165, 1.54) is 6.07 Å². The van der Waals surface area contributed by atoms with E-state index >= 15 is 0 Å². The SMILES string of the molecule is O=C(CCl)NCc1ccc(F)c(C(F)(F)F)c1. The van der Waals surface area contributed by atoms with E-state index in [9.17, 15) is 22.4 Å². The number of amides is 1. The summed E-state index contributed by atoms with van der Waals surface area (Å²) in [5.41, 5.74) is -1.20. The molecule has 94 valence electrons. The van der Waals surface area contributed by atoms with Crippen LogP contribution in [0.1, 0.15) is 11.1 Å². The minimum atomic E-state index is -4.75. The molecular formula is C10H8ClF4NO. The van der Waals surface area contributed by atoms with Crippen LogP contribution in [0.4, 0.5) is 17.6 Å². The van der Waals surface area contributed by atoms with Crippen molar-refractivity contribution in [3.63, 3.8) is 0 Å². The highest BCUT2D eigenvalue weighted by Gasteiger charge is 2.34. The summed E-state index contributed by atoms with van der Waals surface area (Å²) in [5.74, 6) is -2.14. The summed E-state index contributed by atoms with van der Waals surface area (Å²) >= 11 is 5.20. The molecule has 1 rings (SSSR count). The maximum atomic E-state index is 12.9. The fourth-order valence-electron chi connectivity index (χ4n) is 1.15. The molecule has 0 radical (unpaired) electrons. The van der Waals surface area contributed by atoms with Crippen molar-refractivity contribution in [1.29, 1.82) is 0 Å². The average Bonchev–Trinajstić information content (AvgIpc) is 2.26. The van der Waals surface area contributed by atoms with E-state index < -0.39 is 23.5 Å². The molecule has 1 N–H and O–H groups in total. The third-order valence-corrected chi connectivity index (χ3v) is 2.19. The lowest BCUT2D eigenvalue weighted by molar-refractivity contribution is -0.140. The number of halogens is 5. The van der Waals surface area contributed by atoms with E-state index in [0.29, 0.717) is 12.1 Å². The highest BCUT2D eigenvalue weighted by atomic mass is 35.5. The summed E-state index contributed by atoms with van der Waals surface area (Å²) in [6, 6.07) is 2.54. The molecule has 0 aliphatic carbocycles. The lowest BCUT2D eigenvalue weighted by Crippen LogP contribution is -2.24. The lowest BCUT2D eigenvalue weighted by Gasteiger charge is -2.10. The highest BCUT2D eigenvalue weighted by molar-refractivity contribution is 6.27. The Bertz CT molecular complexity index is 419. The van der Waals surface area contributed by atoms with Crippen molar-refractivity contribution >= 4 is 17.5 Å². The van der Waals surface area contributed by atoms with E-state index in [1.54, 1.807) is 0 Å². The molecular weight excluding hydrogens is 262 g/mol. The van der Waals surface area contributed by atoms with Crippen molar-refractivity contribution in [2.24, 2.45) is 0 Å². The Hall–Kier alpha value is -1.30. The predicted octanol–water partition coefficient (Wildman–Crippen LogP) is 2.70. The molecule has 17 heavy (non-hydrogen) atoms. The van der Waals surface area contributed by atoms with Gasteiger partial charge in [0.25, 0.3) is 0 Å². The number of nitrogens with one attached hydrogen (secondary N) is 1. The van der Waals surface area contributed by atoms with Crippen molar-refractivity contribution in [2.75, 3.05) is 5.88 Å². The van der Waals surface area contributed by atoms with Crippen LogP contribution in [0.15, 0.2) is 18.2 Å². The van der Waals surface area contributed by atoms with Crippen LogP contribution in [0.25, 0.3) is 0 Å². The van der Waals surface area contributed by atoms with E-state index in [1.807, 2.05) is 0 Å². The van der Waals surface area contributed by atoms with E-state index in [0.717, 1.165) is 0 Å². The number of alkyl halides is 4. The first kappa shape index (κ1) is 13.8. The van der Waals surface area contributed by atoms with Gasteiger partial charge in [0, 0.05) is 6.54 Å². The topological polar surface area (TPSA) is 29.1 Å². The first-order chi connectivity index (χ1) is 7.84. The maximum Gasteiger partial charge on any atom is 0.419 e. The van der Waals surface area contributed by atoms with Gasteiger partial charge < -0.3 is 5.32 Å². The number of hydrogen-bond acceptors (Lipinski definition) is 1. The third kappa shape index (κ3) is 3.89. The summed E-state index contributed by atoms with van der Waals surface area (Å²) < 4.78 is 49.9. The molecule has 0 unspecified atom stereocenters. The normalized spacial score (nSPS) is 11.4. The second-order valence-electron chi connectivity index (χ2n) is 3.22. The minimum absolute atomic E-state index is 0.130. The standard InChI is InChI=1S/C10H8ClF4NO/c11-4-9(17)16-5-6-1-2-8(12)7(3-6)10(13,14)15/h1-3H,4-5H2,(H,16,17). The monoisotopic (exact) mass is 269 g/mol. The Kier molecular flexibility index (Phi) is 4.34. The van der Waals surface area contributed by atoms with Crippen LogP contribution in [0.5, 0.6) is 0 Å². The van der Waals surface area contributed by atoms with Crippen LogP contribution >= 0.6 is 11.6 Å². The molecule has 0 atom stereocenters. The number of carbonyl (C=O) groups is 1. The smallest absolute Gasteiger partial charge is 0.351 e. The molecule has 1 amide bonds. The third-order valence-electron chi connectivity index (χ3n) is 1.95. The van der Waals surface area contributed by atoms with Crippen molar-refractivity contribution in [3.05, 3.63) is 35.1 Å². The Labute approximate surface area is 99.6 Å². The van der Waals surface area contributed by atoms with Crippen LogP contribution in [-0.2, 0) is 17.5 Å². The molecule has 0 aliphatic rings. The van der Waals surface area contributed by atoms with Gasteiger partial charge in [0.05, 0.1) is 5.56 Å².